The number of amides is 1. The molecule has 3 N–H and O–H groups in total. The molecule has 1 aromatic carbocycles. The number of primary amides is 1. The third-order valence-corrected chi connectivity index (χ3v) is 3.61. The van der Waals surface area contributed by atoms with Crippen molar-refractivity contribution in [1.29, 1.82) is 0 Å². The van der Waals surface area contributed by atoms with Crippen molar-refractivity contribution in [2.45, 2.75) is 0 Å². The smallest absolute Gasteiger partial charge is 0.266 e. The van der Waals surface area contributed by atoms with Crippen LogP contribution in [0, 0.1) is 0 Å². The molecule has 0 spiro atoms. The predicted molar refractivity (Wildman–Crippen MR) is 92.5 cm³/mol. The van der Waals surface area contributed by atoms with E-state index in [1.807, 2.05) is 0 Å². The van der Waals surface area contributed by atoms with Crippen LogP contribution in [0.25, 0.3) is 11.4 Å². The number of aryl methyl sites for hydroxylation is 1. The van der Waals surface area contributed by atoms with Crippen molar-refractivity contribution >= 4 is 40.7 Å². The Balaban J connectivity index is 1.91. The summed E-state index contributed by atoms with van der Waals surface area (Å²) >= 11 is 11.9. The number of anilines is 2. The summed E-state index contributed by atoms with van der Waals surface area (Å²) in [5.41, 5.74) is 7.30. The van der Waals surface area contributed by atoms with Crippen LogP contribution < -0.4 is 11.1 Å². The summed E-state index contributed by atoms with van der Waals surface area (Å²) in [6, 6.07) is 8.30. The van der Waals surface area contributed by atoms with Crippen LogP contribution >= 0.6 is 23.2 Å². The largest absolute Gasteiger partial charge is 0.364 e. The first-order valence-electron chi connectivity index (χ1n) is 6.83. The minimum Gasteiger partial charge on any atom is -0.364 e. The molecule has 24 heavy (non-hydrogen) atoms. The van der Waals surface area contributed by atoms with Crippen LogP contribution in [0.3, 0.4) is 0 Å². The summed E-state index contributed by atoms with van der Waals surface area (Å²) < 4.78 is 1.41. The number of hydrogen-bond donors (Lipinski definition) is 2. The van der Waals surface area contributed by atoms with Crippen molar-refractivity contribution in [2.24, 2.45) is 12.8 Å². The molecule has 0 fully saturated rings. The number of carbonyl (C=O) groups is 1. The molecular weight excluding hydrogens is 351 g/mol. The standard InChI is InChI=1S/C15H12Cl2N6O/c1-23-13(14(18)24)7-12(22-23)11-2-3-19-15(21-11)20-10-5-8(16)4-9(17)6-10/h2-7H,1H3,(H2,18,24)(H,19,20,21). The Labute approximate surface area is 147 Å². The Morgan fingerprint density at radius 3 is 2.50 bits per heavy atom. The lowest BCUT2D eigenvalue weighted by molar-refractivity contribution is 0.0991. The highest BCUT2D eigenvalue weighted by Crippen LogP contribution is 2.25. The lowest BCUT2D eigenvalue weighted by Gasteiger charge is -2.06. The normalized spacial score (nSPS) is 10.6. The highest BCUT2D eigenvalue weighted by Gasteiger charge is 2.13. The maximum absolute atomic E-state index is 11.3. The molecule has 0 saturated carbocycles. The molecule has 2 aromatic heterocycles. The maximum atomic E-state index is 11.3. The van der Waals surface area contributed by atoms with Gasteiger partial charge in [0.15, 0.2) is 0 Å². The van der Waals surface area contributed by atoms with E-state index >= 15 is 0 Å². The Morgan fingerprint density at radius 2 is 1.88 bits per heavy atom. The van der Waals surface area contributed by atoms with Gasteiger partial charge in [-0.3, -0.25) is 9.48 Å². The number of nitrogens with one attached hydrogen (secondary N) is 1. The van der Waals surface area contributed by atoms with Crippen LogP contribution in [0.4, 0.5) is 11.6 Å². The maximum Gasteiger partial charge on any atom is 0.266 e. The Kier molecular flexibility index (Phi) is 4.37. The molecule has 0 radical (unpaired) electrons. The summed E-state index contributed by atoms with van der Waals surface area (Å²) in [4.78, 5) is 19.9. The van der Waals surface area contributed by atoms with Crippen LogP contribution in [-0.4, -0.2) is 25.7 Å². The fourth-order valence-electron chi connectivity index (χ4n) is 2.14. The van der Waals surface area contributed by atoms with Gasteiger partial charge in [-0.1, -0.05) is 23.2 Å². The quantitative estimate of drug-likeness (QED) is 0.742. The molecule has 3 aromatic rings. The molecule has 0 unspecified atom stereocenters. The lowest BCUT2D eigenvalue weighted by atomic mass is 10.2. The molecule has 0 bridgehead atoms. The van der Waals surface area contributed by atoms with E-state index in [4.69, 9.17) is 28.9 Å². The summed E-state index contributed by atoms with van der Waals surface area (Å²) in [7, 11) is 1.64. The van der Waals surface area contributed by atoms with Crippen LogP contribution in [0.1, 0.15) is 10.5 Å². The average Bonchev–Trinajstić information content (AvgIpc) is 2.89. The molecule has 3 rings (SSSR count). The van der Waals surface area contributed by atoms with E-state index in [9.17, 15) is 4.79 Å². The second-order valence-corrected chi connectivity index (χ2v) is 5.82. The fraction of sp³-hybridized carbons (Fsp3) is 0.0667. The minimum absolute atomic E-state index is 0.291. The van der Waals surface area contributed by atoms with E-state index in [-0.39, 0.29) is 0 Å². The Morgan fingerprint density at radius 1 is 1.17 bits per heavy atom. The zero-order chi connectivity index (χ0) is 17.3. The second kappa shape index (κ2) is 6.46. The van der Waals surface area contributed by atoms with E-state index in [2.05, 4.69) is 20.4 Å². The van der Waals surface area contributed by atoms with Crippen molar-refractivity contribution in [3.63, 3.8) is 0 Å². The zero-order valence-electron chi connectivity index (χ0n) is 12.5. The fourth-order valence-corrected chi connectivity index (χ4v) is 2.67. The SMILES string of the molecule is Cn1nc(-c2ccnc(Nc3cc(Cl)cc(Cl)c3)n2)cc1C(N)=O. The molecule has 0 aliphatic rings. The average molecular weight is 363 g/mol. The van der Waals surface area contributed by atoms with Crippen molar-refractivity contribution in [3.05, 3.63) is 52.3 Å². The highest BCUT2D eigenvalue weighted by molar-refractivity contribution is 6.35. The number of carbonyl (C=O) groups excluding carboxylic acids is 1. The molecular formula is C15H12Cl2N6O. The molecule has 0 saturated heterocycles. The van der Waals surface area contributed by atoms with Gasteiger partial charge in [0.2, 0.25) is 5.95 Å². The van der Waals surface area contributed by atoms with Gasteiger partial charge in [-0.25, -0.2) is 9.97 Å². The number of nitrogens with two attached hydrogens (primary N) is 1. The van der Waals surface area contributed by atoms with E-state index in [1.165, 1.54) is 4.68 Å². The number of aromatic nitrogens is 4. The molecule has 0 atom stereocenters. The van der Waals surface area contributed by atoms with Gasteiger partial charge < -0.3 is 11.1 Å². The van der Waals surface area contributed by atoms with Gasteiger partial charge in [-0.05, 0) is 30.3 Å². The Hall–Kier alpha value is -2.64. The monoisotopic (exact) mass is 362 g/mol. The first-order valence-corrected chi connectivity index (χ1v) is 7.58. The second-order valence-electron chi connectivity index (χ2n) is 4.95. The first-order chi connectivity index (χ1) is 11.4. The van der Waals surface area contributed by atoms with Gasteiger partial charge in [0.05, 0.1) is 5.69 Å². The van der Waals surface area contributed by atoms with Crippen molar-refractivity contribution < 1.29 is 4.79 Å². The van der Waals surface area contributed by atoms with Gasteiger partial charge >= 0.3 is 0 Å². The third kappa shape index (κ3) is 3.47. The molecule has 0 aliphatic heterocycles. The van der Waals surface area contributed by atoms with Gasteiger partial charge in [0.1, 0.15) is 11.4 Å². The Bertz CT molecular complexity index is 904. The topological polar surface area (TPSA) is 98.7 Å². The summed E-state index contributed by atoms with van der Waals surface area (Å²) in [6.07, 6.45) is 1.58. The van der Waals surface area contributed by atoms with Crippen LogP contribution in [0.5, 0.6) is 0 Å². The predicted octanol–water partition coefficient (Wildman–Crippen LogP) is 3.03. The van der Waals surface area contributed by atoms with E-state index < -0.39 is 5.91 Å². The zero-order valence-corrected chi connectivity index (χ0v) is 14.0. The van der Waals surface area contributed by atoms with Gasteiger partial charge in [0.25, 0.3) is 5.91 Å². The highest BCUT2D eigenvalue weighted by atomic mass is 35.5. The van der Waals surface area contributed by atoms with Crippen LogP contribution in [0.2, 0.25) is 10.0 Å². The summed E-state index contributed by atoms with van der Waals surface area (Å²) in [6.45, 7) is 0. The molecule has 1 amide bonds. The van der Waals surface area contributed by atoms with Crippen LogP contribution in [-0.2, 0) is 7.05 Å². The summed E-state index contributed by atoms with van der Waals surface area (Å²) in [5.74, 6) is -0.214. The van der Waals surface area contributed by atoms with E-state index in [1.54, 1.807) is 43.6 Å². The summed E-state index contributed by atoms with van der Waals surface area (Å²) in [5, 5.41) is 8.25. The lowest BCUT2D eigenvalue weighted by Crippen LogP contribution is -2.15. The number of benzene rings is 1. The molecule has 9 heteroatoms. The molecule has 0 aliphatic carbocycles. The van der Waals surface area contributed by atoms with E-state index in [0.29, 0.717) is 38.8 Å². The van der Waals surface area contributed by atoms with Crippen molar-refractivity contribution in [2.75, 3.05) is 5.32 Å². The number of rotatable bonds is 4. The number of hydrogen-bond acceptors (Lipinski definition) is 5. The van der Waals surface area contributed by atoms with Crippen LogP contribution in [0.15, 0.2) is 36.5 Å². The minimum atomic E-state index is -0.558. The molecule has 7 nitrogen and oxygen atoms in total. The molecule has 2 heterocycles. The first kappa shape index (κ1) is 16.2. The van der Waals surface area contributed by atoms with E-state index in [0.717, 1.165) is 0 Å². The number of halogens is 2. The van der Waals surface area contributed by atoms with Gasteiger partial charge in [-0.15, -0.1) is 0 Å². The van der Waals surface area contributed by atoms with Crippen molar-refractivity contribution in [1.82, 2.24) is 19.7 Å². The van der Waals surface area contributed by atoms with Crippen molar-refractivity contribution in [3.8, 4) is 11.4 Å². The molecule has 122 valence electrons. The third-order valence-electron chi connectivity index (χ3n) is 3.17. The number of nitrogens with zero attached hydrogens (tertiary/aromatic N) is 4. The van der Waals surface area contributed by atoms with Gasteiger partial charge in [-0.2, -0.15) is 5.10 Å². The van der Waals surface area contributed by atoms with Gasteiger partial charge in [0, 0.05) is 29.0 Å².